The van der Waals surface area contributed by atoms with E-state index in [2.05, 4.69) is 41.8 Å². The van der Waals surface area contributed by atoms with Crippen molar-refractivity contribution in [2.45, 2.75) is 64.1 Å². The number of H-pyrrole nitrogens is 1. The number of ether oxygens (including phenoxy) is 2. The van der Waals surface area contributed by atoms with Gasteiger partial charge in [-0.1, -0.05) is 68.4 Å². The molecule has 0 saturated heterocycles. The number of aromatic amines is 1. The van der Waals surface area contributed by atoms with Crippen LogP contribution in [0.5, 0.6) is 11.5 Å². The van der Waals surface area contributed by atoms with E-state index in [0.717, 1.165) is 11.1 Å². The molecule has 0 radical (unpaired) electrons. The van der Waals surface area contributed by atoms with Crippen LogP contribution in [0.1, 0.15) is 54.6 Å². The molecule has 0 aliphatic carbocycles. The van der Waals surface area contributed by atoms with Gasteiger partial charge in [0, 0.05) is 25.1 Å². The number of carbonyl (C=O) groups excluding carboxylic acids is 5. The summed E-state index contributed by atoms with van der Waals surface area (Å²) in [6.45, 7) is 3.90. The molecule has 5 amide bonds. The van der Waals surface area contributed by atoms with E-state index in [4.69, 9.17) is 9.47 Å². The van der Waals surface area contributed by atoms with E-state index >= 15 is 0 Å². The maximum absolute atomic E-state index is 14.1. The van der Waals surface area contributed by atoms with Crippen molar-refractivity contribution in [3.63, 3.8) is 0 Å². The molecule has 1 aromatic heterocycles. The quantitative estimate of drug-likeness (QED) is 0.164. The third kappa shape index (κ3) is 11.4. The molecule has 2 heterocycles. The first-order valence-electron chi connectivity index (χ1n) is 18.4. The number of amides is 5. The fraction of sp³-hybridized carbons (Fsp3) is 0.375. The molecule has 55 heavy (non-hydrogen) atoms. The van der Waals surface area contributed by atoms with Crippen LogP contribution in [0.25, 0.3) is 11.4 Å². The number of rotatable bonds is 7. The van der Waals surface area contributed by atoms with Crippen molar-refractivity contribution in [1.29, 1.82) is 0 Å². The first-order chi connectivity index (χ1) is 26.6. The van der Waals surface area contributed by atoms with Crippen LogP contribution in [0.4, 0.5) is 0 Å². The highest BCUT2D eigenvalue weighted by molar-refractivity contribution is 6.02. The molecule has 0 saturated carbocycles. The normalized spacial score (nSPS) is 19.3. The van der Waals surface area contributed by atoms with Crippen LogP contribution in [-0.2, 0) is 32.0 Å². The molecule has 2 bridgehead atoms. The number of methoxy groups -OCH3 is 1. The van der Waals surface area contributed by atoms with Crippen molar-refractivity contribution in [3.05, 3.63) is 95.8 Å². The van der Waals surface area contributed by atoms with E-state index in [0.29, 0.717) is 42.3 Å². The van der Waals surface area contributed by atoms with Crippen LogP contribution in [0.15, 0.2) is 79.1 Å². The van der Waals surface area contributed by atoms with Gasteiger partial charge in [0.1, 0.15) is 24.5 Å². The monoisotopic (exact) mass is 752 g/mol. The fourth-order valence-corrected chi connectivity index (χ4v) is 6.18. The Kier molecular flexibility index (Phi) is 14.3. The van der Waals surface area contributed by atoms with Gasteiger partial charge in [0.15, 0.2) is 23.9 Å². The number of aromatic nitrogens is 3. The van der Waals surface area contributed by atoms with Crippen molar-refractivity contribution >= 4 is 29.5 Å². The number of hydrogen-bond acceptors (Lipinski definition) is 9. The minimum atomic E-state index is -1.12. The van der Waals surface area contributed by atoms with Gasteiger partial charge in [-0.15, -0.1) is 0 Å². The fourth-order valence-electron chi connectivity index (χ4n) is 6.18. The zero-order chi connectivity index (χ0) is 39.2. The molecule has 290 valence electrons. The molecule has 3 atom stereocenters. The zero-order valence-corrected chi connectivity index (χ0v) is 31.2. The van der Waals surface area contributed by atoms with Gasteiger partial charge in [-0.05, 0) is 60.9 Å². The molecule has 0 fully saturated rings. The number of fused-ring (bicyclic) bond motifs is 2. The zero-order valence-electron chi connectivity index (χ0n) is 31.2. The minimum Gasteiger partial charge on any atom is -0.493 e. The SMILES string of the molecule is COc1ccc2cc1OCC(=O)NCCC[C@H](NC(=O)c1ccccc1-c1ncn[nH]1)C(=O)N[C@@H](Cc1ccccc1)C(=O)N[C@H](C(C)C)C(=O)NCCC2. The van der Waals surface area contributed by atoms with Gasteiger partial charge >= 0.3 is 0 Å². The molecular formula is C40H48N8O7. The highest BCUT2D eigenvalue weighted by atomic mass is 16.5. The van der Waals surface area contributed by atoms with Gasteiger partial charge in [-0.3, -0.25) is 29.1 Å². The van der Waals surface area contributed by atoms with Gasteiger partial charge in [0.2, 0.25) is 17.7 Å². The summed E-state index contributed by atoms with van der Waals surface area (Å²) in [6.07, 6.45) is 3.06. The molecule has 0 spiro atoms. The Hall–Kier alpha value is -6.25. The first kappa shape index (κ1) is 39.9. The largest absolute Gasteiger partial charge is 0.493 e. The first-order valence-corrected chi connectivity index (χ1v) is 18.4. The Morgan fingerprint density at radius 3 is 2.42 bits per heavy atom. The van der Waals surface area contributed by atoms with E-state index < -0.39 is 35.8 Å². The summed E-state index contributed by atoms with van der Waals surface area (Å²) in [5, 5.41) is 21.0. The lowest BCUT2D eigenvalue weighted by Crippen LogP contribution is -2.58. The average molecular weight is 753 g/mol. The minimum absolute atomic E-state index is 0.107. The summed E-state index contributed by atoms with van der Waals surface area (Å²) in [6, 6.07) is 18.3. The summed E-state index contributed by atoms with van der Waals surface area (Å²) < 4.78 is 11.2. The number of nitrogens with one attached hydrogen (secondary N) is 6. The van der Waals surface area contributed by atoms with Gasteiger partial charge < -0.3 is 36.1 Å². The Morgan fingerprint density at radius 1 is 0.909 bits per heavy atom. The third-order valence-corrected chi connectivity index (χ3v) is 9.15. The van der Waals surface area contributed by atoms with Gasteiger partial charge in [0.05, 0.1) is 12.7 Å². The predicted molar refractivity (Wildman–Crippen MR) is 204 cm³/mol. The smallest absolute Gasteiger partial charge is 0.257 e. The Labute approximate surface area is 319 Å². The maximum atomic E-state index is 14.1. The van der Waals surface area contributed by atoms with E-state index in [1.807, 2.05) is 50.2 Å². The summed E-state index contributed by atoms with van der Waals surface area (Å²) >= 11 is 0. The van der Waals surface area contributed by atoms with Gasteiger partial charge in [0.25, 0.3) is 11.8 Å². The van der Waals surface area contributed by atoms with Crippen LogP contribution in [0.3, 0.4) is 0 Å². The topological polar surface area (TPSA) is 206 Å². The van der Waals surface area contributed by atoms with Crippen molar-refractivity contribution in [3.8, 4) is 22.9 Å². The number of carbonyl (C=O) groups is 5. The van der Waals surface area contributed by atoms with E-state index in [1.54, 1.807) is 36.4 Å². The average Bonchev–Trinajstić information content (AvgIpc) is 3.73. The van der Waals surface area contributed by atoms with Crippen molar-refractivity contribution in [2.75, 3.05) is 26.8 Å². The highest BCUT2D eigenvalue weighted by Gasteiger charge is 2.31. The second kappa shape index (κ2) is 19.7. The molecule has 5 rings (SSSR count). The molecule has 0 unspecified atom stereocenters. The number of aryl methyl sites for hydroxylation is 1. The molecule has 4 aromatic rings. The lowest BCUT2D eigenvalue weighted by molar-refractivity contribution is -0.133. The number of nitrogens with zero attached hydrogens (tertiary/aromatic N) is 2. The Bertz CT molecular complexity index is 1920. The molecule has 3 aromatic carbocycles. The lowest BCUT2D eigenvalue weighted by Gasteiger charge is -2.27. The Balaban J connectivity index is 1.42. The van der Waals surface area contributed by atoms with Gasteiger partial charge in [-0.25, -0.2) is 4.98 Å². The number of benzene rings is 3. The van der Waals surface area contributed by atoms with Crippen LogP contribution in [-0.4, -0.2) is 89.6 Å². The standard InChI is InChI=1S/C40H48N8O7/c1-25(2)35-40(53)42-20-9-13-27-17-18-32(54-3)33(22-27)55-23-34(49)41-19-10-16-30(38(51)46-31(39(52)47-35)21-26-11-5-4-6-12-26)45-37(50)29-15-8-7-14-28(29)36-43-24-44-48-36/h4-8,11-12,14-15,17-18,22,24-25,30-31,35H,9-10,13,16,19-21,23H2,1-3H3,(H,41,49)(H,42,53)(H,45,50)(H,46,51)(H,47,52)(H,43,44,48)/t30-,31-,35+/m0/s1. The Morgan fingerprint density at radius 2 is 1.67 bits per heavy atom. The van der Waals surface area contributed by atoms with Crippen molar-refractivity contribution in [2.24, 2.45) is 5.92 Å². The second-order valence-electron chi connectivity index (χ2n) is 13.5. The van der Waals surface area contributed by atoms with E-state index in [1.165, 1.54) is 13.4 Å². The van der Waals surface area contributed by atoms with E-state index in [-0.39, 0.29) is 55.7 Å². The van der Waals surface area contributed by atoms with Gasteiger partial charge in [-0.2, -0.15) is 5.10 Å². The second-order valence-corrected chi connectivity index (χ2v) is 13.5. The molecule has 1 aliphatic rings. The summed E-state index contributed by atoms with van der Waals surface area (Å²) in [5.74, 6) is -1.48. The maximum Gasteiger partial charge on any atom is 0.257 e. The molecule has 15 heteroatoms. The summed E-state index contributed by atoms with van der Waals surface area (Å²) in [7, 11) is 1.51. The summed E-state index contributed by atoms with van der Waals surface area (Å²) in [4.78, 5) is 72.4. The van der Waals surface area contributed by atoms with Crippen LogP contribution >= 0.6 is 0 Å². The van der Waals surface area contributed by atoms with E-state index in [9.17, 15) is 24.0 Å². The highest BCUT2D eigenvalue weighted by Crippen LogP contribution is 2.28. The lowest BCUT2D eigenvalue weighted by atomic mass is 10.00. The van der Waals surface area contributed by atoms with Crippen molar-refractivity contribution < 1.29 is 33.4 Å². The molecular weight excluding hydrogens is 704 g/mol. The van der Waals surface area contributed by atoms with Crippen LogP contribution < -0.4 is 36.1 Å². The molecule has 1 aliphatic heterocycles. The molecule has 15 nitrogen and oxygen atoms in total. The number of hydrogen-bond donors (Lipinski definition) is 6. The molecule has 6 N–H and O–H groups in total. The summed E-state index contributed by atoms with van der Waals surface area (Å²) in [5.41, 5.74) is 2.44. The predicted octanol–water partition coefficient (Wildman–Crippen LogP) is 2.48. The van der Waals surface area contributed by atoms with Crippen molar-refractivity contribution in [1.82, 2.24) is 41.8 Å². The third-order valence-electron chi connectivity index (χ3n) is 9.15. The van der Waals surface area contributed by atoms with Crippen LogP contribution in [0, 0.1) is 5.92 Å². The van der Waals surface area contributed by atoms with Crippen LogP contribution in [0.2, 0.25) is 0 Å².